The lowest BCUT2D eigenvalue weighted by Crippen LogP contribution is -2.31. The highest BCUT2D eigenvalue weighted by Crippen LogP contribution is 2.50. The summed E-state index contributed by atoms with van der Waals surface area (Å²) in [4.78, 5) is 25.5. The van der Waals surface area contributed by atoms with Crippen LogP contribution in [0.2, 0.25) is 0 Å². The number of nitrogens with zero attached hydrogens (tertiary/aromatic N) is 1. The Morgan fingerprint density at radius 3 is 2.05 bits per heavy atom. The van der Waals surface area contributed by atoms with Crippen molar-refractivity contribution in [2.75, 3.05) is 5.32 Å². The first-order valence-corrected chi connectivity index (χ1v) is 13.5. The first-order chi connectivity index (χ1) is 19.1. The van der Waals surface area contributed by atoms with Crippen molar-refractivity contribution in [3.63, 3.8) is 0 Å². The molecule has 0 spiro atoms. The number of amides is 1. The highest BCUT2D eigenvalue weighted by atomic mass is 16.6. The molecular weight excluding hydrogens is 504 g/mol. The van der Waals surface area contributed by atoms with Crippen LogP contribution in [0, 0.1) is 6.92 Å². The molecule has 1 saturated carbocycles. The van der Waals surface area contributed by atoms with Crippen LogP contribution in [0.3, 0.4) is 0 Å². The van der Waals surface area contributed by atoms with Gasteiger partial charge in [-0.25, -0.2) is 4.79 Å². The minimum atomic E-state index is -0.583. The minimum absolute atomic E-state index is 0.151. The Hall–Kier alpha value is -4.39. The summed E-state index contributed by atoms with van der Waals surface area (Å²) in [5.74, 6) is 0.305. The molecule has 7 heteroatoms. The lowest BCUT2D eigenvalue weighted by Gasteiger charge is -2.24. The van der Waals surface area contributed by atoms with Gasteiger partial charge in [0, 0.05) is 5.56 Å². The molecule has 1 fully saturated rings. The van der Waals surface area contributed by atoms with E-state index in [-0.39, 0.29) is 5.97 Å². The molecule has 1 N–H and O–H groups in total. The first-order valence-electron chi connectivity index (χ1n) is 13.5. The fourth-order valence-corrected chi connectivity index (χ4v) is 4.71. The molecule has 0 bridgehead atoms. The first kappa shape index (κ1) is 27.2. The van der Waals surface area contributed by atoms with E-state index in [4.69, 9.17) is 14.0 Å². The zero-order valence-electron chi connectivity index (χ0n) is 23.5. The average Bonchev–Trinajstić information content (AvgIpc) is 3.67. The number of aromatic nitrogens is 1. The average molecular weight is 539 g/mol. The van der Waals surface area contributed by atoms with Crippen molar-refractivity contribution >= 4 is 17.7 Å². The van der Waals surface area contributed by atoms with E-state index in [2.05, 4.69) is 10.5 Å². The predicted molar refractivity (Wildman–Crippen MR) is 154 cm³/mol. The molecular formula is C33H34N2O5. The van der Waals surface area contributed by atoms with Crippen molar-refractivity contribution < 1.29 is 23.6 Å². The molecule has 206 valence electrons. The van der Waals surface area contributed by atoms with Crippen LogP contribution in [0.1, 0.15) is 63.5 Å². The number of anilines is 1. The number of hydrogen-bond acceptors (Lipinski definition) is 6. The van der Waals surface area contributed by atoms with Gasteiger partial charge < -0.3 is 14.0 Å². The maximum absolute atomic E-state index is 12.8. The van der Waals surface area contributed by atoms with Crippen molar-refractivity contribution in [2.45, 2.75) is 64.6 Å². The van der Waals surface area contributed by atoms with Gasteiger partial charge in [0.2, 0.25) is 0 Å². The highest BCUT2D eigenvalue weighted by Gasteiger charge is 2.53. The van der Waals surface area contributed by atoms with Gasteiger partial charge in [-0.15, -0.1) is 0 Å². The Bertz CT molecular complexity index is 1500. The predicted octanol–water partition coefficient (Wildman–Crippen LogP) is 8.00. The van der Waals surface area contributed by atoms with Gasteiger partial charge in [0.1, 0.15) is 23.1 Å². The number of ether oxygens (including phenoxy) is 2. The summed E-state index contributed by atoms with van der Waals surface area (Å²) in [6.07, 6.45) is 0.623. The van der Waals surface area contributed by atoms with Gasteiger partial charge in [0.25, 0.3) is 0 Å². The molecule has 40 heavy (non-hydrogen) atoms. The fourth-order valence-electron chi connectivity index (χ4n) is 4.71. The lowest BCUT2D eigenvalue weighted by molar-refractivity contribution is -0.158. The normalized spacial score (nSPS) is 14.7. The van der Waals surface area contributed by atoms with Gasteiger partial charge in [-0.05, 0) is 69.7 Å². The Morgan fingerprint density at radius 2 is 1.48 bits per heavy atom. The van der Waals surface area contributed by atoms with Gasteiger partial charge in [-0.1, -0.05) is 84.0 Å². The second kappa shape index (κ2) is 10.6. The summed E-state index contributed by atoms with van der Waals surface area (Å²) in [7, 11) is 0. The molecule has 0 aliphatic heterocycles. The van der Waals surface area contributed by atoms with Crippen molar-refractivity contribution in [2.24, 2.45) is 0 Å². The molecule has 1 atom stereocenters. The van der Waals surface area contributed by atoms with Crippen LogP contribution in [0.5, 0.6) is 0 Å². The van der Waals surface area contributed by atoms with E-state index in [1.165, 1.54) is 0 Å². The summed E-state index contributed by atoms with van der Waals surface area (Å²) in [5.41, 5.74) is 4.70. The number of rotatable bonds is 7. The summed E-state index contributed by atoms with van der Waals surface area (Å²) in [6.45, 7) is 9.27. The number of aryl methyl sites for hydroxylation is 1. The molecule has 1 aliphatic rings. The van der Waals surface area contributed by atoms with Crippen molar-refractivity contribution in [1.29, 1.82) is 0 Å². The molecule has 3 aromatic carbocycles. The van der Waals surface area contributed by atoms with E-state index in [0.717, 1.165) is 40.7 Å². The number of nitrogens with one attached hydrogen (secondary N) is 1. The van der Waals surface area contributed by atoms with E-state index >= 15 is 0 Å². The van der Waals surface area contributed by atoms with Crippen LogP contribution >= 0.6 is 0 Å². The molecule has 5 rings (SSSR count). The monoisotopic (exact) mass is 538 g/mol. The highest BCUT2D eigenvalue weighted by molar-refractivity contribution is 5.91. The summed E-state index contributed by atoms with van der Waals surface area (Å²) < 4.78 is 16.8. The van der Waals surface area contributed by atoms with Crippen LogP contribution in [0.15, 0.2) is 83.4 Å². The van der Waals surface area contributed by atoms with E-state index in [0.29, 0.717) is 17.1 Å². The van der Waals surface area contributed by atoms with E-state index in [1.807, 2.05) is 107 Å². The van der Waals surface area contributed by atoms with Crippen molar-refractivity contribution in [3.05, 3.63) is 95.7 Å². The Labute approximate surface area is 234 Å². The van der Waals surface area contributed by atoms with Crippen molar-refractivity contribution in [1.82, 2.24) is 5.16 Å². The summed E-state index contributed by atoms with van der Waals surface area (Å²) >= 11 is 0. The maximum Gasteiger partial charge on any atom is 0.412 e. The third kappa shape index (κ3) is 5.78. The summed E-state index contributed by atoms with van der Waals surface area (Å²) in [5, 5.41) is 6.85. The van der Waals surface area contributed by atoms with E-state index in [9.17, 15) is 9.59 Å². The second-order valence-corrected chi connectivity index (χ2v) is 11.3. The van der Waals surface area contributed by atoms with Gasteiger partial charge in [0.05, 0.1) is 5.41 Å². The molecule has 7 nitrogen and oxygen atoms in total. The molecule has 0 unspecified atom stereocenters. The number of hydrogen-bond donors (Lipinski definition) is 1. The standard InChI is InChI=1S/C33H34N2O5/c1-21-28(34-31(37)38-22(2)23-9-7-6-8-10-23)29(40-35-21)26-13-11-24(12-14-26)25-15-17-27(18-16-25)33(19-20-33)30(36)39-32(3,4)5/h6-18,22H,19-20H2,1-5H3,(H,34,37)/t22-/m1/s1. The zero-order chi connectivity index (χ0) is 28.5. The fraction of sp³-hybridized carbons (Fsp3) is 0.303. The molecule has 1 aliphatic carbocycles. The molecule has 4 aromatic rings. The lowest BCUT2D eigenvalue weighted by atomic mass is 9.93. The Kier molecular flexibility index (Phi) is 7.23. The van der Waals surface area contributed by atoms with Gasteiger partial charge in [-0.3, -0.25) is 10.1 Å². The largest absolute Gasteiger partial charge is 0.459 e. The number of benzene rings is 3. The van der Waals surface area contributed by atoms with Crippen molar-refractivity contribution in [3.8, 4) is 22.5 Å². The Morgan fingerprint density at radius 1 is 0.900 bits per heavy atom. The van der Waals surface area contributed by atoms with Gasteiger partial charge >= 0.3 is 12.1 Å². The van der Waals surface area contributed by atoms with Crippen LogP contribution in [0.4, 0.5) is 10.5 Å². The third-order valence-electron chi connectivity index (χ3n) is 7.10. The van der Waals surface area contributed by atoms with Crippen LogP contribution < -0.4 is 5.32 Å². The number of esters is 1. The molecule has 0 saturated heterocycles. The smallest absolute Gasteiger partial charge is 0.412 e. The quantitative estimate of drug-likeness (QED) is 0.240. The van der Waals surface area contributed by atoms with Gasteiger partial charge in [-0.2, -0.15) is 0 Å². The van der Waals surface area contributed by atoms with E-state index < -0.39 is 23.2 Å². The molecule has 1 amide bonds. The third-order valence-corrected chi connectivity index (χ3v) is 7.10. The number of carbonyl (C=O) groups is 2. The maximum atomic E-state index is 12.8. The summed E-state index contributed by atoms with van der Waals surface area (Å²) in [6, 6.07) is 25.5. The molecule has 1 heterocycles. The van der Waals surface area contributed by atoms with Gasteiger partial charge in [0.15, 0.2) is 5.76 Å². The Balaban J connectivity index is 1.28. The van der Waals surface area contributed by atoms with Crippen LogP contribution in [-0.4, -0.2) is 22.8 Å². The number of carbonyl (C=O) groups excluding carboxylic acids is 2. The minimum Gasteiger partial charge on any atom is -0.459 e. The second-order valence-electron chi connectivity index (χ2n) is 11.3. The van der Waals surface area contributed by atoms with E-state index in [1.54, 1.807) is 6.92 Å². The SMILES string of the molecule is Cc1noc(-c2ccc(-c3ccc(C4(C(=O)OC(C)(C)C)CC4)cc3)cc2)c1NC(=O)O[C@H](C)c1ccccc1. The molecule has 1 aromatic heterocycles. The topological polar surface area (TPSA) is 90.7 Å². The molecule has 0 radical (unpaired) electrons. The zero-order valence-corrected chi connectivity index (χ0v) is 23.5. The van der Waals surface area contributed by atoms with Crippen LogP contribution in [0.25, 0.3) is 22.5 Å². The van der Waals surface area contributed by atoms with Crippen LogP contribution in [-0.2, 0) is 19.7 Å².